The maximum atomic E-state index is 12.4. The molecule has 4 rings (SSSR count). The molecule has 0 radical (unpaired) electrons. The molecule has 0 aliphatic rings. The first-order valence-corrected chi connectivity index (χ1v) is 11.0. The fraction of sp³-hybridized carbons (Fsp3) is 0.125. The van der Waals surface area contributed by atoms with Gasteiger partial charge in [0.05, 0.1) is 17.5 Å². The lowest BCUT2D eigenvalue weighted by Crippen LogP contribution is -2.11. The lowest BCUT2D eigenvalue weighted by atomic mass is 10.2. The Kier molecular flexibility index (Phi) is 6.70. The Hall–Kier alpha value is -4.11. The third-order valence-electron chi connectivity index (χ3n) is 4.65. The number of ether oxygens (including phenoxy) is 3. The molecule has 3 N–H and O–H groups in total. The first-order valence-electron chi connectivity index (χ1n) is 10.1. The van der Waals surface area contributed by atoms with Crippen LogP contribution < -0.4 is 20.5 Å². The molecule has 0 atom stereocenters. The Morgan fingerprint density at radius 3 is 2.73 bits per heavy atom. The van der Waals surface area contributed by atoms with Gasteiger partial charge in [-0.1, -0.05) is 24.3 Å². The number of nitrogens with zero attached hydrogens (tertiary/aromatic N) is 1. The number of benzene rings is 2. The summed E-state index contributed by atoms with van der Waals surface area (Å²) in [5.41, 5.74) is 8.06. The molecule has 168 valence electrons. The second-order valence-electron chi connectivity index (χ2n) is 6.89. The van der Waals surface area contributed by atoms with Gasteiger partial charge in [-0.15, -0.1) is 11.3 Å². The molecule has 2 aromatic carbocycles. The smallest absolute Gasteiger partial charge is 0.489 e. The fourth-order valence-corrected chi connectivity index (χ4v) is 4.15. The van der Waals surface area contributed by atoms with Gasteiger partial charge in [0.1, 0.15) is 18.2 Å². The number of rotatable bonds is 7. The summed E-state index contributed by atoms with van der Waals surface area (Å²) in [7, 11) is 0. The first-order chi connectivity index (χ1) is 16.0. The minimum Gasteiger partial charge on any atom is -0.489 e. The summed E-state index contributed by atoms with van der Waals surface area (Å²) in [4.78, 5) is 28.2. The third-order valence-corrected chi connectivity index (χ3v) is 5.69. The van der Waals surface area contributed by atoms with Gasteiger partial charge in [-0.25, -0.2) is 9.78 Å². The van der Waals surface area contributed by atoms with E-state index in [0.717, 1.165) is 5.56 Å². The van der Waals surface area contributed by atoms with Gasteiger partial charge in [0.15, 0.2) is 5.75 Å². The maximum absolute atomic E-state index is 12.4. The van der Waals surface area contributed by atoms with E-state index >= 15 is 0 Å². The molecule has 0 aliphatic heterocycles. The van der Waals surface area contributed by atoms with Gasteiger partial charge in [0.25, 0.3) is 5.91 Å². The van der Waals surface area contributed by atoms with Crippen LogP contribution in [0.5, 0.6) is 11.5 Å². The molecule has 1 amide bonds. The van der Waals surface area contributed by atoms with Crippen molar-refractivity contribution in [3.63, 3.8) is 0 Å². The van der Waals surface area contributed by atoms with Gasteiger partial charge in [0.2, 0.25) is 0 Å². The number of carbonyl (C=O) groups excluding carboxylic acids is 2. The van der Waals surface area contributed by atoms with Crippen molar-refractivity contribution >= 4 is 45.0 Å². The van der Waals surface area contributed by atoms with E-state index in [4.69, 9.17) is 19.9 Å². The lowest BCUT2D eigenvalue weighted by Gasteiger charge is -2.10. The number of hydrogen-bond donors (Lipinski definition) is 2. The molecular formula is C24H21N3O5S. The number of hydrogen-bond acceptors (Lipinski definition) is 8. The number of anilines is 2. The lowest BCUT2D eigenvalue weighted by molar-refractivity contribution is 0.102. The van der Waals surface area contributed by atoms with E-state index in [1.165, 1.54) is 17.5 Å². The number of amides is 1. The van der Waals surface area contributed by atoms with Crippen LogP contribution in [-0.2, 0) is 11.3 Å². The molecule has 0 bridgehead atoms. The number of aromatic nitrogens is 1. The summed E-state index contributed by atoms with van der Waals surface area (Å²) >= 11 is 1.37. The van der Waals surface area contributed by atoms with E-state index < -0.39 is 6.16 Å². The Labute approximate surface area is 193 Å². The summed E-state index contributed by atoms with van der Waals surface area (Å²) in [6.45, 7) is 2.12. The van der Waals surface area contributed by atoms with Gasteiger partial charge in [-0.2, -0.15) is 0 Å². The molecule has 0 saturated heterocycles. The molecule has 2 heterocycles. The SMILES string of the molecule is CCOC(=O)Oc1cnc(N)c2c(COc3cccc(NC(=O)c4ccccc4)c3)csc12. The molecule has 8 nitrogen and oxygen atoms in total. The van der Waals surface area contributed by atoms with Gasteiger partial charge < -0.3 is 25.3 Å². The molecule has 0 saturated carbocycles. The predicted molar refractivity (Wildman–Crippen MR) is 127 cm³/mol. The standard InChI is InChI=1S/C24H21N3O5S/c1-2-30-24(29)32-19-12-26-22(25)20-16(14-33-21(19)20)13-31-18-10-6-9-17(11-18)27-23(28)15-7-4-3-5-8-15/h3-12,14H,2,13H2,1H3,(H2,25,26)(H,27,28). The third kappa shape index (κ3) is 5.21. The molecular weight excluding hydrogens is 442 g/mol. The largest absolute Gasteiger partial charge is 0.513 e. The molecule has 4 aromatic rings. The number of carbonyl (C=O) groups is 2. The van der Waals surface area contributed by atoms with Crippen molar-refractivity contribution in [2.75, 3.05) is 17.7 Å². The highest BCUT2D eigenvalue weighted by atomic mass is 32.1. The van der Waals surface area contributed by atoms with Crippen LogP contribution in [0.1, 0.15) is 22.8 Å². The first kappa shape index (κ1) is 22.1. The van der Waals surface area contributed by atoms with Gasteiger partial charge in [-0.3, -0.25) is 4.79 Å². The normalized spacial score (nSPS) is 10.6. The zero-order valence-electron chi connectivity index (χ0n) is 17.7. The van der Waals surface area contributed by atoms with E-state index in [0.29, 0.717) is 32.9 Å². The Bertz CT molecular complexity index is 1290. The molecule has 33 heavy (non-hydrogen) atoms. The molecule has 0 unspecified atom stereocenters. The fourth-order valence-electron chi connectivity index (χ4n) is 3.14. The van der Waals surface area contributed by atoms with Crippen LogP contribution in [0.15, 0.2) is 66.2 Å². The highest BCUT2D eigenvalue weighted by Gasteiger charge is 2.17. The number of nitrogens with one attached hydrogen (secondary N) is 1. The number of nitrogen functional groups attached to an aromatic ring is 1. The average Bonchev–Trinajstić information content (AvgIpc) is 3.26. The second-order valence-corrected chi connectivity index (χ2v) is 7.77. The Balaban J connectivity index is 1.48. The van der Waals surface area contributed by atoms with Crippen LogP contribution in [-0.4, -0.2) is 23.7 Å². The maximum Gasteiger partial charge on any atom is 0.513 e. The highest BCUT2D eigenvalue weighted by molar-refractivity contribution is 7.17. The highest BCUT2D eigenvalue weighted by Crippen LogP contribution is 2.37. The van der Waals surface area contributed by atoms with E-state index in [9.17, 15) is 9.59 Å². The Morgan fingerprint density at radius 1 is 1.12 bits per heavy atom. The van der Waals surface area contributed by atoms with E-state index in [1.807, 2.05) is 23.6 Å². The van der Waals surface area contributed by atoms with Crippen LogP contribution in [0.2, 0.25) is 0 Å². The van der Waals surface area contributed by atoms with Gasteiger partial charge >= 0.3 is 6.16 Å². The molecule has 0 aliphatic carbocycles. The number of nitrogens with two attached hydrogens (primary N) is 1. The zero-order chi connectivity index (χ0) is 23.2. The average molecular weight is 464 g/mol. The van der Waals surface area contributed by atoms with Crippen molar-refractivity contribution in [3.05, 3.63) is 77.3 Å². The minimum atomic E-state index is -0.800. The van der Waals surface area contributed by atoms with Gasteiger partial charge in [0, 0.05) is 28.3 Å². The predicted octanol–water partition coefficient (Wildman–Crippen LogP) is 5.25. The number of fused-ring (bicyclic) bond motifs is 1. The molecule has 2 aromatic heterocycles. The summed E-state index contributed by atoms with van der Waals surface area (Å²) in [6.07, 6.45) is 0.597. The van der Waals surface area contributed by atoms with Crippen LogP contribution >= 0.6 is 11.3 Å². The number of thiophene rings is 1. The van der Waals surface area contributed by atoms with Crippen molar-refractivity contribution in [3.8, 4) is 11.5 Å². The zero-order valence-corrected chi connectivity index (χ0v) is 18.6. The van der Waals surface area contributed by atoms with Gasteiger partial charge in [-0.05, 0) is 36.6 Å². The van der Waals surface area contributed by atoms with Crippen molar-refractivity contribution in [1.29, 1.82) is 0 Å². The quantitative estimate of drug-likeness (QED) is 0.360. The van der Waals surface area contributed by atoms with Crippen molar-refractivity contribution in [2.45, 2.75) is 13.5 Å². The summed E-state index contributed by atoms with van der Waals surface area (Å²) in [5.74, 6) is 0.958. The van der Waals surface area contributed by atoms with Crippen LogP contribution in [0, 0.1) is 0 Å². The topological polar surface area (TPSA) is 113 Å². The van der Waals surface area contributed by atoms with Crippen molar-refractivity contribution in [2.24, 2.45) is 0 Å². The Morgan fingerprint density at radius 2 is 1.94 bits per heavy atom. The van der Waals surface area contributed by atoms with Crippen molar-refractivity contribution < 1.29 is 23.8 Å². The van der Waals surface area contributed by atoms with Crippen LogP contribution in [0.25, 0.3) is 10.1 Å². The minimum absolute atomic E-state index is 0.204. The summed E-state index contributed by atoms with van der Waals surface area (Å²) < 4.78 is 16.7. The summed E-state index contributed by atoms with van der Waals surface area (Å²) in [6, 6.07) is 16.1. The molecule has 9 heteroatoms. The van der Waals surface area contributed by atoms with E-state index in [1.54, 1.807) is 43.3 Å². The summed E-state index contributed by atoms with van der Waals surface area (Å²) in [5, 5.41) is 5.40. The monoisotopic (exact) mass is 463 g/mol. The molecule has 0 fully saturated rings. The van der Waals surface area contributed by atoms with Crippen molar-refractivity contribution in [1.82, 2.24) is 4.98 Å². The van der Waals surface area contributed by atoms with Crippen LogP contribution in [0.3, 0.4) is 0 Å². The van der Waals surface area contributed by atoms with E-state index in [-0.39, 0.29) is 24.9 Å². The van der Waals surface area contributed by atoms with Crippen LogP contribution in [0.4, 0.5) is 16.3 Å². The molecule has 0 spiro atoms. The second kappa shape index (κ2) is 10.0. The van der Waals surface area contributed by atoms with E-state index in [2.05, 4.69) is 10.3 Å². The number of pyridine rings is 1.